The fourth-order valence-electron chi connectivity index (χ4n) is 2.15. The Morgan fingerprint density at radius 1 is 1.04 bits per heavy atom. The average Bonchev–Trinajstić information content (AvgIpc) is 2.54. The molecule has 0 spiro atoms. The molecule has 0 saturated carbocycles. The Bertz CT molecular complexity index is 390. The summed E-state index contributed by atoms with van der Waals surface area (Å²) in [6, 6.07) is -0.691. The molecular formula is C14H26NNaO6S2. The van der Waals surface area contributed by atoms with Crippen LogP contribution in [0.3, 0.4) is 0 Å². The summed E-state index contributed by atoms with van der Waals surface area (Å²) in [7, 11) is 0. The first kappa shape index (κ1) is 26.8. The van der Waals surface area contributed by atoms with Gasteiger partial charge in [-0.05, 0) is 17.9 Å². The summed E-state index contributed by atoms with van der Waals surface area (Å²) < 4.78 is 0. The smallest absolute Gasteiger partial charge is 0.866 e. The minimum Gasteiger partial charge on any atom is -0.866 e. The van der Waals surface area contributed by atoms with Crippen LogP contribution in [0.4, 0.5) is 0 Å². The second-order valence-electron chi connectivity index (χ2n) is 5.32. The van der Waals surface area contributed by atoms with E-state index in [9.17, 15) is 25.5 Å². The molecule has 0 amide bonds. The van der Waals surface area contributed by atoms with Crippen molar-refractivity contribution in [3.8, 4) is 0 Å². The van der Waals surface area contributed by atoms with Gasteiger partial charge in [0.2, 0.25) is 0 Å². The van der Waals surface area contributed by atoms with Crippen LogP contribution >= 0.6 is 24.4 Å². The standard InChI is InChI=1S/C14H27NO6S2.Na/c1-3-5-8(14(21)23)15(11(22)4-2)6-9(17)12(19)13(20)10(18)7-16;/h8-10,12-13,16-20H,3-7H2,1-2H3,(H,21,23);/q;+1/p-1. The third-order valence-corrected chi connectivity index (χ3v) is 4.34. The van der Waals surface area contributed by atoms with E-state index in [0.29, 0.717) is 24.3 Å². The van der Waals surface area contributed by atoms with Gasteiger partial charge in [0, 0.05) is 6.54 Å². The van der Waals surface area contributed by atoms with Crippen LogP contribution in [0.5, 0.6) is 0 Å². The van der Waals surface area contributed by atoms with Gasteiger partial charge in [0.05, 0.1) is 23.7 Å². The molecule has 0 radical (unpaired) electrons. The maximum absolute atomic E-state index is 11.7. The van der Waals surface area contributed by atoms with E-state index in [4.69, 9.17) is 29.5 Å². The second kappa shape index (κ2) is 13.7. The first-order valence-corrected chi connectivity index (χ1v) is 8.36. The maximum atomic E-state index is 11.7. The van der Waals surface area contributed by atoms with Gasteiger partial charge in [0.25, 0.3) is 0 Å². The molecule has 7 nitrogen and oxygen atoms in total. The molecule has 5 unspecified atom stereocenters. The summed E-state index contributed by atoms with van der Waals surface area (Å²) >= 11 is 9.95. The molecule has 0 saturated heterocycles. The Labute approximate surface area is 175 Å². The Hall–Kier alpha value is 0.580. The van der Waals surface area contributed by atoms with Crippen LogP contribution in [0.15, 0.2) is 0 Å². The second-order valence-corrected chi connectivity index (χ2v) is 6.20. The van der Waals surface area contributed by atoms with Gasteiger partial charge >= 0.3 is 29.6 Å². The zero-order valence-corrected chi connectivity index (χ0v) is 18.0. The van der Waals surface area contributed by atoms with E-state index >= 15 is 0 Å². The molecule has 0 aromatic heterocycles. The van der Waals surface area contributed by atoms with Crippen LogP contribution in [0.25, 0.3) is 0 Å². The van der Waals surface area contributed by atoms with Crippen molar-refractivity contribution in [2.45, 2.75) is 63.6 Å². The number of nitrogens with zero attached hydrogens (tertiary/aromatic N) is 1. The molecule has 5 N–H and O–H groups in total. The minimum absolute atomic E-state index is 0. The zero-order chi connectivity index (χ0) is 18.2. The van der Waals surface area contributed by atoms with Crippen molar-refractivity contribution in [1.29, 1.82) is 0 Å². The van der Waals surface area contributed by atoms with Crippen molar-refractivity contribution in [1.82, 2.24) is 4.90 Å². The van der Waals surface area contributed by atoms with Crippen molar-refractivity contribution < 1.29 is 60.2 Å². The van der Waals surface area contributed by atoms with Gasteiger partial charge in [-0.25, -0.2) is 0 Å². The third-order valence-electron chi connectivity index (χ3n) is 3.54. The van der Waals surface area contributed by atoms with Crippen LogP contribution < -0.4 is 34.7 Å². The van der Waals surface area contributed by atoms with E-state index in [0.717, 1.165) is 0 Å². The molecule has 24 heavy (non-hydrogen) atoms. The molecule has 0 rings (SSSR count). The topological polar surface area (TPSA) is 127 Å². The van der Waals surface area contributed by atoms with Gasteiger partial charge in [-0.3, -0.25) is 0 Å². The number of thiocarbonyl (C=S) groups is 2. The Kier molecular flexibility index (Phi) is 15.3. The van der Waals surface area contributed by atoms with Crippen molar-refractivity contribution >= 4 is 34.5 Å². The van der Waals surface area contributed by atoms with E-state index in [1.807, 2.05) is 6.92 Å². The summed E-state index contributed by atoms with van der Waals surface area (Å²) in [5, 5.41) is 58.9. The van der Waals surface area contributed by atoms with Crippen LogP contribution in [0, 0.1) is 0 Å². The number of aliphatic hydroxyl groups is 5. The first-order chi connectivity index (χ1) is 10.7. The molecule has 0 aliphatic rings. The molecule has 0 bridgehead atoms. The molecule has 0 heterocycles. The monoisotopic (exact) mass is 391 g/mol. The number of hydrogen-bond acceptors (Lipinski definition) is 8. The summed E-state index contributed by atoms with van der Waals surface area (Å²) in [6.45, 7) is 2.70. The van der Waals surface area contributed by atoms with Crippen molar-refractivity contribution in [3.05, 3.63) is 0 Å². The van der Waals surface area contributed by atoms with Crippen LogP contribution in [0.2, 0.25) is 0 Å². The van der Waals surface area contributed by atoms with E-state index < -0.39 is 42.1 Å². The average molecular weight is 391 g/mol. The molecule has 0 aromatic rings. The molecular weight excluding hydrogens is 365 g/mol. The van der Waals surface area contributed by atoms with Crippen LogP contribution in [-0.4, -0.2) is 84.1 Å². The summed E-state index contributed by atoms with van der Waals surface area (Å²) in [5.41, 5.74) is 0. The van der Waals surface area contributed by atoms with Gasteiger partial charge in [0.15, 0.2) is 0 Å². The normalized spacial score (nSPS) is 17.1. The van der Waals surface area contributed by atoms with Gasteiger partial charge in [-0.2, -0.15) is 0 Å². The number of aliphatic hydroxyl groups excluding tert-OH is 5. The molecule has 10 heteroatoms. The Balaban J connectivity index is 0. The zero-order valence-electron chi connectivity index (χ0n) is 14.3. The predicted molar refractivity (Wildman–Crippen MR) is 92.0 cm³/mol. The fourth-order valence-corrected chi connectivity index (χ4v) is 2.60. The molecule has 5 atom stereocenters. The third kappa shape index (κ3) is 8.31. The van der Waals surface area contributed by atoms with Gasteiger partial charge in [-0.15, -0.1) is 12.2 Å². The summed E-state index contributed by atoms with van der Waals surface area (Å²) in [5.74, 6) is 0. The largest absolute Gasteiger partial charge is 1.00 e. The number of hydrogen-bond donors (Lipinski definition) is 5. The number of rotatable bonds is 11. The quantitative estimate of drug-likeness (QED) is 0.174. The molecule has 0 aliphatic heterocycles. The van der Waals surface area contributed by atoms with Gasteiger partial charge in [0.1, 0.15) is 18.3 Å². The van der Waals surface area contributed by atoms with E-state index in [2.05, 4.69) is 0 Å². The van der Waals surface area contributed by atoms with Crippen molar-refractivity contribution in [3.63, 3.8) is 0 Å². The molecule has 0 fully saturated rings. The minimum atomic E-state index is -1.73. The fraction of sp³-hybridized carbons (Fsp3) is 0.857. The van der Waals surface area contributed by atoms with Crippen LogP contribution in [0.1, 0.15) is 33.1 Å². The molecule has 136 valence electrons. The summed E-state index contributed by atoms with van der Waals surface area (Å²) in [4.78, 5) is 1.87. The Morgan fingerprint density at radius 2 is 1.54 bits per heavy atom. The predicted octanol–water partition coefficient (Wildman–Crippen LogP) is -4.68. The molecule has 0 aromatic carbocycles. The molecule has 0 aliphatic carbocycles. The van der Waals surface area contributed by atoms with Crippen LogP contribution in [-0.2, 0) is 0 Å². The maximum Gasteiger partial charge on any atom is 1.00 e. The van der Waals surface area contributed by atoms with Crippen molar-refractivity contribution in [2.24, 2.45) is 0 Å². The van der Waals surface area contributed by atoms with Gasteiger partial charge in [-0.1, -0.05) is 32.5 Å². The van der Waals surface area contributed by atoms with E-state index in [-0.39, 0.29) is 36.1 Å². The first-order valence-electron chi connectivity index (χ1n) is 7.54. The summed E-state index contributed by atoms with van der Waals surface area (Å²) in [6.07, 6.45) is -4.92. The SMILES string of the molecule is CCCC(C([O-])=S)N(CC(O)C(O)C(O)C(O)CO)C(=S)CC.[Na+]. The van der Waals surface area contributed by atoms with E-state index in [1.165, 1.54) is 4.90 Å². The Morgan fingerprint density at radius 3 is 1.92 bits per heavy atom. The van der Waals surface area contributed by atoms with E-state index in [1.54, 1.807) is 6.92 Å². The van der Waals surface area contributed by atoms with Gasteiger partial charge < -0.3 is 35.5 Å². The van der Waals surface area contributed by atoms with Crippen molar-refractivity contribution in [2.75, 3.05) is 13.2 Å².